The lowest BCUT2D eigenvalue weighted by Gasteiger charge is -2.31. The molecule has 0 atom stereocenters. The van der Waals surface area contributed by atoms with E-state index in [1.807, 2.05) is 4.90 Å². The topological polar surface area (TPSA) is 66.9 Å². The third kappa shape index (κ3) is 4.87. The summed E-state index contributed by atoms with van der Waals surface area (Å²) in [4.78, 5) is 14.2. The van der Waals surface area contributed by atoms with Crippen molar-refractivity contribution in [3.05, 3.63) is 24.3 Å². The minimum Gasteiger partial charge on any atom is -0.497 e. The molecule has 1 aromatic rings. The van der Waals surface area contributed by atoms with Crippen LogP contribution < -0.4 is 9.04 Å². The van der Waals surface area contributed by atoms with Crippen molar-refractivity contribution in [2.45, 2.75) is 26.2 Å². The fourth-order valence-corrected chi connectivity index (χ4v) is 3.78. The first kappa shape index (κ1) is 18.6. The van der Waals surface area contributed by atoms with Crippen LogP contribution in [-0.2, 0) is 14.8 Å². The van der Waals surface area contributed by atoms with E-state index >= 15 is 0 Å². The van der Waals surface area contributed by atoms with Crippen LogP contribution in [0, 0.1) is 5.92 Å². The van der Waals surface area contributed by atoms with Crippen molar-refractivity contribution in [2.75, 3.05) is 37.3 Å². The van der Waals surface area contributed by atoms with Gasteiger partial charge in [0.15, 0.2) is 0 Å². The molecule has 1 aliphatic rings. The smallest absolute Gasteiger partial charge is 0.232 e. The molecule has 7 heteroatoms. The molecular weight excluding hydrogens is 328 g/mol. The van der Waals surface area contributed by atoms with Gasteiger partial charge in [0.2, 0.25) is 15.9 Å². The molecule has 6 nitrogen and oxygen atoms in total. The van der Waals surface area contributed by atoms with Crippen LogP contribution in [0.5, 0.6) is 5.75 Å². The second-order valence-electron chi connectivity index (χ2n) is 6.35. The van der Waals surface area contributed by atoms with Crippen LogP contribution in [0.1, 0.15) is 26.2 Å². The van der Waals surface area contributed by atoms with Gasteiger partial charge in [-0.2, -0.15) is 0 Å². The van der Waals surface area contributed by atoms with Gasteiger partial charge in [0, 0.05) is 26.1 Å². The lowest BCUT2D eigenvalue weighted by molar-refractivity contribution is -0.132. The largest absolute Gasteiger partial charge is 0.497 e. The maximum Gasteiger partial charge on any atom is 0.232 e. The summed E-state index contributed by atoms with van der Waals surface area (Å²) in [6.07, 6.45) is 3.37. The molecule has 2 rings (SSSR count). The third-order valence-electron chi connectivity index (χ3n) is 4.43. The highest BCUT2D eigenvalue weighted by molar-refractivity contribution is 7.92. The van der Waals surface area contributed by atoms with E-state index in [1.165, 1.54) is 4.31 Å². The van der Waals surface area contributed by atoms with Crippen LogP contribution in [-0.4, -0.2) is 52.2 Å². The number of sulfonamides is 1. The Morgan fingerprint density at radius 1 is 1.25 bits per heavy atom. The number of hydrogen-bond donors (Lipinski definition) is 0. The van der Waals surface area contributed by atoms with Crippen LogP contribution in [0.3, 0.4) is 0 Å². The zero-order valence-corrected chi connectivity index (χ0v) is 15.4. The number of benzene rings is 1. The first-order chi connectivity index (χ1) is 11.3. The number of carbonyl (C=O) groups is 1. The summed E-state index contributed by atoms with van der Waals surface area (Å²) in [6, 6.07) is 6.79. The van der Waals surface area contributed by atoms with Crippen molar-refractivity contribution < 1.29 is 17.9 Å². The highest BCUT2D eigenvalue weighted by Gasteiger charge is 2.23. The van der Waals surface area contributed by atoms with E-state index in [1.54, 1.807) is 31.4 Å². The number of likely N-dealkylation sites (tertiary alicyclic amines) is 1. The Labute approximate surface area is 144 Å². The molecule has 0 spiro atoms. The Morgan fingerprint density at radius 3 is 2.33 bits per heavy atom. The fraction of sp³-hybridized carbons (Fsp3) is 0.588. The van der Waals surface area contributed by atoms with Crippen molar-refractivity contribution in [1.29, 1.82) is 0 Å². The van der Waals surface area contributed by atoms with Crippen molar-refractivity contribution in [2.24, 2.45) is 5.92 Å². The molecule has 1 heterocycles. The summed E-state index contributed by atoms with van der Waals surface area (Å²) in [5, 5.41) is 0. The first-order valence-corrected chi connectivity index (χ1v) is 10.1. The van der Waals surface area contributed by atoms with Gasteiger partial charge in [-0.05, 0) is 43.0 Å². The van der Waals surface area contributed by atoms with E-state index in [0.717, 1.165) is 32.2 Å². The second kappa shape index (κ2) is 7.88. The van der Waals surface area contributed by atoms with Gasteiger partial charge in [0.05, 0.1) is 19.1 Å². The Bertz CT molecular complexity index is 650. The summed E-state index contributed by atoms with van der Waals surface area (Å²) in [6.45, 7) is 3.87. The molecule has 1 fully saturated rings. The average Bonchev–Trinajstić information content (AvgIpc) is 2.55. The predicted octanol–water partition coefficient (Wildman–Crippen LogP) is 2.11. The summed E-state index contributed by atoms with van der Waals surface area (Å²) in [5.41, 5.74) is 0.540. The van der Waals surface area contributed by atoms with E-state index in [4.69, 9.17) is 4.74 Å². The Morgan fingerprint density at radius 2 is 1.83 bits per heavy atom. The molecule has 0 aliphatic carbocycles. The summed E-state index contributed by atoms with van der Waals surface area (Å²) in [5.74, 6) is 1.33. The maximum atomic E-state index is 12.4. The summed E-state index contributed by atoms with van der Waals surface area (Å²) in [7, 11) is -1.89. The predicted molar refractivity (Wildman–Crippen MR) is 94.8 cm³/mol. The molecule has 1 saturated heterocycles. The standard InChI is InChI=1S/C17H26N2O4S/c1-14-8-11-18(12-9-14)17(20)10-13-19(24(3,21)22)15-4-6-16(23-2)7-5-15/h4-7,14H,8-13H2,1-3H3. The Balaban J connectivity index is 2.02. The molecule has 0 radical (unpaired) electrons. The van der Waals surface area contributed by atoms with Crippen molar-refractivity contribution in [3.8, 4) is 5.75 Å². The van der Waals surface area contributed by atoms with Gasteiger partial charge >= 0.3 is 0 Å². The van der Waals surface area contributed by atoms with E-state index in [-0.39, 0.29) is 18.9 Å². The lowest BCUT2D eigenvalue weighted by Crippen LogP contribution is -2.40. The zero-order chi connectivity index (χ0) is 17.7. The van der Waals surface area contributed by atoms with Gasteiger partial charge in [0.25, 0.3) is 0 Å². The maximum absolute atomic E-state index is 12.4. The number of hydrogen-bond acceptors (Lipinski definition) is 4. The molecule has 0 unspecified atom stereocenters. The van der Waals surface area contributed by atoms with Crippen molar-refractivity contribution >= 4 is 21.6 Å². The molecule has 0 saturated carbocycles. The van der Waals surface area contributed by atoms with Gasteiger partial charge in [-0.3, -0.25) is 9.10 Å². The normalized spacial score (nSPS) is 16.0. The molecule has 1 amide bonds. The van der Waals surface area contributed by atoms with Crippen LogP contribution in [0.15, 0.2) is 24.3 Å². The molecule has 0 N–H and O–H groups in total. The van der Waals surface area contributed by atoms with E-state index in [9.17, 15) is 13.2 Å². The van der Waals surface area contributed by atoms with Gasteiger partial charge in [-0.1, -0.05) is 6.92 Å². The van der Waals surface area contributed by atoms with E-state index < -0.39 is 10.0 Å². The third-order valence-corrected chi connectivity index (χ3v) is 5.62. The zero-order valence-electron chi connectivity index (χ0n) is 14.6. The Kier molecular flexibility index (Phi) is 6.10. The quantitative estimate of drug-likeness (QED) is 0.785. The number of anilines is 1. The minimum absolute atomic E-state index is 0.0176. The van der Waals surface area contributed by atoms with Crippen LogP contribution in [0.2, 0.25) is 0 Å². The summed E-state index contributed by atoms with van der Waals surface area (Å²) >= 11 is 0. The number of nitrogens with zero attached hydrogens (tertiary/aromatic N) is 2. The number of methoxy groups -OCH3 is 1. The number of ether oxygens (including phenoxy) is 1. The molecule has 0 aromatic heterocycles. The van der Waals surface area contributed by atoms with Gasteiger partial charge in [0.1, 0.15) is 5.75 Å². The van der Waals surface area contributed by atoms with Crippen molar-refractivity contribution in [3.63, 3.8) is 0 Å². The number of rotatable bonds is 6. The number of piperidine rings is 1. The van der Waals surface area contributed by atoms with Gasteiger partial charge in [-0.25, -0.2) is 8.42 Å². The second-order valence-corrected chi connectivity index (χ2v) is 8.25. The van der Waals surface area contributed by atoms with Crippen molar-refractivity contribution in [1.82, 2.24) is 4.90 Å². The molecule has 1 aromatic carbocycles. The van der Waals surface area contributed by atoms with Crippen LogP contribution >= 0.6 is 0 Å². The van der Waals surface area contributed by atoms with E-state index in [0.29, 0.717) is 17.4 Å². The molecule has 134 valence electrons. The minimum atomic E-state index is -3.45. The SMILES string of the molecule is COc1ccc(N(CCC(=O)N2CCC(C)CC2)S(C)(=O)=O)cc1. The van der Waals surface area contributed by atoms with Crippen LogP contribution in [0.4, 0.5) is 5.69 Å². The monoisotopic (exact) mass is 354 g/mol. The molecule has 24 heavy (non-hydrogen) atoms. The molecule has 1 aliphatic heterocycles. The highest BCUT2D eigenvalue weighted by Crippen LogP contribution is 2.22. The molecule has 0 bridgehead atoms. The average molecular weight is 354 g/mol. The Hall–Kier alpha value is -1.76. The first-order valence-electron chi connectivity index (χ1n) is 8.21. The van der Waals surface area contributed by atoms with Gasteiger partial charge in [-0.15, -0.1) is 0 Å². The van der Waals surface area contributed by atoms with E-state index in [2.05, 4.69) is 6.92 Å². The summed E-state index contributed by atoms with van der Waals surface area (Å²) < 4.78 is 30.5. The highest BCUT2D eigenvalue weighted by atomic mass is 32.2. The number of carbonyl (C=O) groups excluding carboxylic acids is 1. The lowest BCUT2D eigenvalue weighted by atomic mass is 9.99. The number of amides is 1. The fourth-order valence-electron chi connectivity index (χ4n) is 2.85. The molecular formula is C17H26N2O4S. The van der Waals surface area contributed by atoms with Gasteiger partial charge < -0.3 is 9.64 Å². The van der Waals surface area contributed by atoms with Crippen LogP contribution in [0.25, 0.3) is 0 Å².